The van der Waals surface area contributed by atoms with Gasteiger partial charge in [-0.2, -0.15) is 0 Å². The highest BCUT2D eigenvalue weighted by molar-refractivity contribution is 6.29. The zero-order valence-corrected chi connectivity index (χ0v) is 48.1. The first-order valence-corrected chi connectivity index (χ1v) is 31.5. The van der Waals surface area contributed by atoms with Crippen LogP contribution in [0.2, 0.25) is 0 Å². The number of anilines is 2. The quantitative estimate of drug-likeness (QED) is 0.0418. The fourth-order valence-electron chi connectivity index (χ4n) is 11.7. The van der Waals surface area contributed by atoms with Crippen LogP contribution in [-0.2, 0) is 9.59 Å². The summed E-state index contributed by atoms with van der Waals surface area (Å²) in [5.74, 6) is 2.21. The van der Waals surface area contributed by atoms with Crippen molar-refractivity contribution in [1.29, 1.82) is 0 Å². The molecule has 73 heavy (non-hydrogen) atoms. The van der Waals surface area contributed by atoms with Gasteiger partial charge in [0.1, 0.15) is 11.5 Å². The summed E-state index contributed by atoms with van der Waals surface area (Å²) in [6, 6.07) is 12.2. The van der Waals surface area contributed by atoms with Crippen LogP contribution in [0.4, 0.5) is 11.4 Å². The van der Waals surface area contributed by atoms with Crippen molar-refractivity contribution in [3.05, 3.63) is 70.9 Å². The van der Waals surface area contributed by atoms with Gasteiger partial charge in [0.25, 0.3) is 5.91 Å². The Morgan fingerprint density at radius 2 is 0.918 bits per heavy atom. The summed E-state index contributed by atoms with van der Waals surface area (Å²) < 4.78 is 12.2. The molecule has 1 aliphatic rings. The number of amides is 2. The number of furan rings is 2. The van der Waals surface area contributed by atoms with Crippen molar-refractivity contribution in [2.75, 3.05) is 22.9 Å². The largest absolute Gasteiger partial charge is 0.465 e. The Bertz CT molecular complexity index is 1950. The molecule has 2 unspecified atom stereocenters. The third kappa shape index (κ3) is 23.9. The Kier molecular flexibility index (Phi) is 33.8. The lowest BCUT2D eigenvalue weighted by molar-refractivity contribution is -0.113. The molecule has 3 heterocycles. The Labute approximate surface area is 448 Å². The van der Waals surface area contributed by atoms with Crippen molar-refractivity contribution in [2.45, 2.75) is 291 Å². The van der Waals surface area contributed by atoms with E-state index in [4.69, 9.17) is 8.83 Å². The number of hydrogen-bond donors (Lipinski definition) is 0. The summed E-state index contributed by atoms with van der Waals surface area (Å²) in [4.78, 5) is 32.9. The van der Waals surface area contributed by atoms with E-state index in [1.807, 2.05) is 29.2 Å². The molecule has 2 aromatic heterocycles. The van der Waals surface area contributed by atoms with Gasteiger partial charge in [0.05, 0.1) is 29.5 Å². The number of benzene rings is 1. The molecule has 0 spiro atoms. The summed E-state index contributed by atoms with van der Waals surface area (Å²) in [5.41, 5.74) is 3.37. The molecule has 6 nitrogen and oxygen atoms in total. The monoisotopic (exact) mass is 1010 g/mol. The van der Waals surface area contributed by atoms with Crippen LogP contribution in [0.3, 0.4) is 0 Å². The minimum atomic E-state index is 0.0129. The van der Waals surface area contributed by atoms with E-state index in [0.717, 1.165) is 65.2 Å². The molecule has 0 saturated heterocycles. The second-order valence-corrected chi connectivity index (χ2v) is 22.7. The molecule has 0 aliphatic carbocycles. The molecule has 0 bridgehead atoms. The van der Waals surface area contributed by atoms with Gasteiger partial charge in [0, 0.05) is 29.1 Å². The molecule has 0 radical (unpaired) electrons. The Morgan fingerprint density at radius 3 is 1.30 bits per heavy atom. The van der Waals surface area contributed by atoms with Gasteiger partial charge >= 0.3 is 0 Å². The second kappa shape index (κ2) is 39.8. The first-order valence-electron chi connectivity index (χ1n) is 31.5. The molecule has 412 valence electrons. The average molecular weight is 1010 g/mol. The molecule has 0 fully saturated rings. The minimum absolute atomic E-state index is 0.0129. The third-order valence-electron chi connectivity index (χ3n) is 16.4. The zero-order valence-electron chi connectivity index (χ0n) is 48.1. The number of unbranched alkanes of at least 4 members (excludes halogenated alkanes) is 32. The number of hydrogen-bond acceptors (Lipinski definition) is 4. The molecule has 0 saturated carbocycles. The van der Waals surface area contributed by atoms with Crippen LogP contribution < -0.4 is 20.2 Å². The van der Waals surface area contributed by atoms with E-state index in [9.17, 15) is 4.79 Å². The molecule has 3 aromatic rings. The minimum Gasteiger partial charge on any atom is -0.465 e. The van der Waals surface area contributed by atoms with Gasteiger partial charge in [-0.15, -0.1) is 0 Å². The maximum absolute atomic E-state index is 15.1. The van der Waals surface area contributed by atoms with Crippen LogP contribution in [0.25, 0.3) is 11.1 Å². The first kappa shape index (κ1) is 62.0. The molecular weight excluding hydrogens is 897 g/mol. The van der Waals surface area contributed by atoms with Crippen molar-refractivity contribution in [2.24, 2.45) is 11.8 Å². The van der Waals surface area contributed by atoms with Crippen molar-refractivity contribution in [1.82, 2.24) is 0 Å². The lowest BCUT2D eigenvalue weighted by Crippen LogP contribution is -2.36. The van der Waals surface area contributed by atoms with Gasteiger partial charge in [-0.25, -0.2) is 0 Å². The van der Waals surface area contributed by atoms with Crippen molar-refractivity contribution < 1.29 is 18.4 Å². The molecule has 2 atom stereocenters. The first-order chi connectivity index (χ1) is 36.0. The topological polar surface area (TPSA) is 66.9 Å². The highest BCUT2D eigenvalue weighted by atomic mass is 16.3. The Morgan fingerprint density at radius 1 is 0.521 bits per heavy atom. The van der Waals surface area contributed by atoms with E-state index in [-0.39, 0.29) is 5.91 Å². The summed E-state index contributed by atoms with van der Waals surface area (Å²) in [6.45, 7) is 12.6. The van der Waals surface area contributed by atoms with Crippen LogP contribution in [0.15, 0.2) is 57.8 Å². The van der Waals surface area contributed by atoms with Crippen LogP contribution in [0.1, 0.15) is 303 Å². The molecule has 4 rings (SSSR count). The summed E-state index contributed by atoms with van der Waals surface area (Å²) >= 11 is 0. The van der Waals surface area contributed by atoms with Crippen LogP contribution in [0, 0.1) is 11.8 Å². The SMILES string of the molecule is CCCCCCCCCCCCC(CCCCCCCCCC)CN(C=O)c1cc2c(c/c1=C(/C)c1ccco1)N(CC(CCCCCCCCCC)CCCCCCCCCCCC)C(=O)C=2c1ccco1. The average Bonchev–Trinajstić information content (AvgIpc) is 4.20. The van der Waals surface area contributed by atoms with Crippen molar-refractivity contribution in [3.8, 4) is 0 Å². The lowest BCUT2D eigenvalue weighted by Gasteiger charge is -2.28. The fourth-order valence-corrected chi connectivity index (χ4v) is 11.7. The molecule has 6 heteroatoms. The van der Waals surface area contributed by atoms with Crippen LogP contribution in [0.5, 0.6) is 0 Å². The predicted molar refractivity (Wildman–Crippen MR) is 314 cm³/mol. The maximum Gasteiger partial charge on any atom is 0.262 e. The van der Waals surface area contributed by atoms with Gasteiger partial charge in [0.15, 0.2) is 0 Å². The molecule has 1 aromatic carbocycles. The van der Waals surface area contributed by atoms with E-state index in [2.05, 4.69) is 51.7 Å². The smallest absolute Gasteiger partial charge is 0.262 e. The van der Waals surface area contributed by atoms with Gasteiger partial charge in [0.2, 0.25) is 6.41 Å². The van der Waals surface area contributed by atoms with Crippen molar-refractivity contribution >= 4 is 34.8 Å². The predicted octanol–water partition coefficient (Wildman–Crippen LogP) is 19.5. The summed E-state index contributed by atoms with van der Waals surface area (Å²) in [5, 5.41) is 1.83. The number of carbonyl (C=O) groups is 2. The number of carbonyl (C=O) groups excluding carboxylic acids is 2. The Hall–Kier alpha value is -3.54. The van der Waals surface area contributed by atoms with E-state index < -0.39 is 0 Å². The van der Waals surface area contributed by atoms with E-state index >= 15 is 4.79 Å². The standard InChI is InChI=1S/C67H110N2O4/c1-6-10-14-18-22-26-28-32-35-39-45-58(44-38-34-30-24-20-16-12-8-3)54-68(56-70)62-53-61-63(52-60(62)57(5)64-48-42-50-72-64)69(67(71)66(61)65-49-43-51-73-65)55-59(46-40-36-31-25-21-17-13-9-4)47-41-37-33-29-27-23-19-15-11-7-2/h42-43,48-53,56,58-59H,6-41,44-47,54-55H2,1-5H3/b60-57+. The fraction of sp³-hybridized carbons (Fsp3) is 0.731. The summed E-state index contributed by atoms with van der Waals surface area (Å²) in [6.07, 6.45) is 56.4. The molecular formula is C67H110N2O4. The molecule has 1 aliphatic heterocycles. The highest BCUT2D eigenvalue weighted by Crippen LogP contribution is 2.32. The Balaban J connectivity index is 1.62. The zero-order chi connectivity index (χ0) is 52.0. The van der Waals surface area contributed by atoms with E-state index in [0.29, 0.717) is 36.3 Å². The molecule has 0 N–H and O–H groups in total. The van der Waals surface area contributed by atoms with Gasteiger partial charge < -0.3 is 18.6 Å². The number of nitrogens with zero attached hydrogens (tertiary/aromatic N) is 2. The third-order valence-corrected chi connectivity index (χ3v) is 16.4. The lowest BCUT2D eigenvalue weighted by atomic mass is 9.93. The highest BCUT2D eigenvalue weighted by Gasteiger charge is 2.34. The number of fused-ring (bicyclic) bond motifs is 1. The van der Waals surface area contributed by atoms with Gasteiger partial charge in [-0.3, -0.25) is 9.59 Å². The number of rotatable bonds is 48. The van der Waals surface area contributed by atoms with Crippen LogP contribution >= 0.6 is 0 Å². The second-order valence-electron chi connectivity index (χ2n) is 22.7. The van der Waals surface area contributed by atoms with Crippen LogP contribution in [-0.4, -0.2) is 25.4 Å². The van der Waals surface area contributed by atoms with E-state index in [1.165, 1.54) is 231 Å². The summed E-state index contributed by atoms with van der Waals surface area (Å²) in [7, 11) is 0. The van der Waals surface area contributed by atoms with Gasteiger partial charge in [-0.1, -0.05) is 259 Å². The van der Waals surface area contributed by atoms with E-state index in [1.54, 1.807) is 12.5 Å². The van der Waals surface area contributed by atoms with Gasteiger partial charge in [-0.05, 0) is 80.8 Å². The maximum atomic E-state index is 15.1. The normalized spacial score (nSPS) is 13.8. The van der Waals surface area contributed by atoms with Crippen molar-refractivity contribution in [3.63, 3.8) is 0 Å². The molecule has 2 amide bonds.